The van der Waals surface area contributed by atoms with Gasteiger partial charge in [0.25, 0.3) is 0 Å². The van der Waals surface area contributed by atoms with Crippen LogP contribution in [0.15, 0.2) is 85.1 Å². The SMILES string of the molecule is CC/C=C\C/C=C\C/C=C\C/C=C\C/C=C\CCCCCCCCCC(=O)NC(COP(=O)(O)OCC[N+](C)(C)C)C(O)/C=C/CC/C=C/CCCCCCCCCCCCCCCCCCCCCCCCCCC. The van der Waals surface area contributed by atoms with Gasteiger partial charge in [-0.2, -0.15) is 0 Å². The lowest BCUT2D eigenvalue weighted by Gasteiger charge is -2.25. The van der Waals surface area contributed by atoms with Crippen molar-refractivity contribution in [2.75, 3.05) is 40.9 Å². The number of phosphoric ester groups is 1. The second-order valence-corrected chi connectivity index (χ2v) is 24.2. The predicted molar refractivity (Wildman–Crippen MR) is 332 cm³/mol. The lowest BCUT2D eigenvalue weighted by atomic mass is 10.0. The van der Waals surface area contributed by atoms with Crippen LogP contribution >= 0.6 is 7.82 Å². The first-order chi connectivity index (χ1) is 37.0. The molecular formula is C67H124N2O6P+. The van der Waals surface area contributed by atoms with E-state index in [9.17, 15) is 19.4 Å². The van der Waals surface area contributed by atoms with E-state index in [1.54, 1.807) is 6.08 Å². The number of phosphoric acid groups is 1. The molecule has 0 aliphatic heterocycles. The molecule has 0 saturated carbocycles. The van der Waals surface area contributed by atoms with Crippen molar-refractivity contribution in [2.45, 2.75) is 296 Å². The highest BCUT2D eigenvalue weighted by molar-refractivity contribution is 7.47. The monoisotopic (exact) mass is 1080 g/mol. The highest BCUT2D eigenvalue weighted by atomic mass is 31.2. The van der Waals surface area contributed by atoms with Gasteiger partial charge in [0.1, 0.15) is 13.2 Å². The molecule has 0 fully saturated rings. The Balaban J connectivity index is 4.19. The molecule has 0 spiro atoms. The zero-order chi connectivity index (χ0) is 55.6. The van der Waals surface area contributed by atoms with E-state index in [1.165, 1.54) is 180 Å². The van der Waals surface area contributed by atoms with Gasteiger partial charge in [0.05, 0.1) is 39.9 Å². The summed E-state index contributed by atoms with van der Waals surface area (Å²) in [7, 11) is 1.54. The molecule has 0 rings (SSSR count). The lowest BCUT2D eigenvalue weighted by Crippen LogP contribution is -2.45. The minimum atomic E-state index is -4.37. The molecule has 0 aliphatic carbocycles. The summed E-state index contributed by atoms with van der Waals surface area (Å²) >= 11 is 0. The summed E-state index contributed by atoms with van der Waals surface area (Å²) < 4.78 is 23.7. The van der Waals surface area contributed by atoms with Crippen LogP contribution in [0, 0.1) is 0 Å². The topological polar surface area (TPSA) is 105 Å². The van der Waals surface area contributed by atoms with Gasteiger partial charge in [0, 0.05) is 6.42 Å². The molecule has 9 heteroatoms. The predicted octanol–water partition coefficient (Wildman–Crippen LogP) is 20.0. The minimum absolute atomic E-state index is 0.0499. The Bertz CT molecular complexity index is 1510. The van der Waals surface area contributed by atoms with Crippen LogP contribution in [0.4, 0.5) is 0 Å². The number of likely N-dealkylation sites (N-methyl/N-ethyl adjacent to an activating group) is 1. The Kier molecular flexibility index (Phi) is 55.6. The smallest absolute Gasteiger partial charge is 0.387 e. The van der Waals surface area contributed by atoms with E-state index < -0.39 is 20.0 Å². The molecule has 0 saturated heterocycles. The first kappa shape index (κ1) is 73.7. The van der Waals surface area contributed by atoms with Crippen LogP contribution in [0.25, 0.3) is 0 Å². The van der Waals surface area contributed by atoms with Crippen molar-refractivity contribution in [3.63, 3.8) is 0 Å². The Hall–Kier alpha value is -2.32. The number of carbonyl (C=O) groups is 1. The number of aliphatic hydroxyl groups is 1. The second kappa shape index (κ2) is 57.4. The fraction of sp³-hybridized carbons (Fsp3) is 0.776. The molecule has 0 heterocycles. The van der Waals surface area contributed by atoms with Gasteiger partial charge in [-0.3, -0.25) is 13.8 Å². The van der Waals surface area contributed by atoms with Gasteiger partial charge in [-0.15, -0.1) is 0 Å². The quantitative estimate of drug-likeness (QED) is 0.0243. The third kappa shape index (κ3) is 59.3. The number of nitrogens with zero attached hydrogens (tertiary/aromatic N) is 1. The van der Waals surface area contributed by atoms with Crippen molar-refractivity contribution in [1.82, 2.24) is 5.32 Å². The molecule has 1 amide bonds. The fourth-order valence-electron chi connectivity index (χ4n) is 9.15. The molecule has 0 aromatic rings. The van der Waals surface area contributed by atoms with Gasteiger partial charge in [-0.05, 0) is 77.0 Å². The average molecular weight is 1080 g/mol. The Labute approximate surface area is 471 Å². The van der Waals surface area contributed by atoms with Crippen molar-refractivity contribution in [3.05, 3.63) is 85.1 Å². The molecule has 76 heavy (non-hydrogen) atoms. The van der Waals surface area contributed by atoms with Gasteiger partial charge in [-0.25, -0.2) is 4.57 Å². The molecule has 0 bridgehead atoms. The van der Waals surface area contributed by atoms with E-state index in [-0.39, 0.29) is 19.1 Å². The third-order valence-electron chi connectivity index (χ3n) is 14.1. The number of unbranched alkanes of at least 4 members (excludes halogenated alkanes) is 33. The van der Waals surface area contributed by atoms with Crippen molar-refractivity contribution in [3.8, 4) is 0 Å². The number of hydrogen-bond donors (Lipinski definition) is 3. The van der Waals surface area contributed by atoms with Gasteiger partial charge in [-0.1, -0.05) is 285 Å². The maximum Gasteiger partial charge on any atom is 0.472 e. The molecule has 442 valence electrons. The first-order valence-corrected chi connectivity index (χ1v) is 33.5. The van der Waals surface area contributed by atoms with E-state index in [2.05, 4.69) is 92.1 Å². The van der Waals surface area contributed by atoms with Crippen molar-refractivity contribution < 1.29 is 32.9 Å². The average Bonchev–Trinajstić information content (AvgIpc) is 3.38. The van der Waals surface area contributed by atoms with E-state index in [0.29, 0.717) is 17.4 Å². The van der Waals surface area contributed by atoms with Crippen LogP contribution in [-0.2, 0) is 18.4 Å². The van der Waals surface area contributed by atoms with Crippen LogP contribution in [0.2, 0.25) is 0 Å². The summed E-state index contributed by atoms with van der Waals surface area (Å²) in [5.74, 6) is -0.198. The van der Waals surface area contributed by atoms with E-state index in [0.717, 1.165) is 83.5 Å². The normalized spacial score (nSPS) is 14.4. The van der Waals surface area contributed by atoms with Crippen molar-refractivity contribution in [1.29, 1.82) is 0 Å². The molecule has 3 atom stereocenters. The van der Waals surface area contributed by atoms with Crippen molar-refractivity contribution >= 4 is 13.7 Å². The van der Waals surface area contributed by atoms with E-state index in [4.69, 9.17) is 9.05 Å². The number of aliphatic hydroxyl groups excluding tert-OH is 1. The second-order valence-electron chi connectivity index (χ2n) is 22.7. The maximum absolute atomic E-state index is 13.0. The summed E-state index contributed by atoms with van der Waals surface area (Å²) in [6.07, 6.45) is 81.4. The molecular weight excluding hydrogens is 960 g/mol. The maximum atomic E-state index is 13.0. The zero-order valence-electron chi connectivity index (χ0n) is 50.5. The summed E-state index contributed by atoms with van der Waals surface area (Å²) in [4.78, 5) is 23.3. The van der Waals surface area contributed by atoms with Gasteiger partial charge >= 0.3 is 7.82 Å². The Morgan fingerprint density at radius 3 is 1.21 bits per heavy atom. The van der Waals surface area contributed by atoms with Gasteiger partial charge in [0.2, 0.25) is 5.91 Å². The number of hydrogen-bond acceptors (Lipinski definition) is 5. The highest BCUT2D eigenvalue weighted by Gasteiger charge is 2.27. The molecule has 0 aliphatic rings. The standard InChI is InChI=1S/C67H123N2O6P/c1-6-8-10-12-14-16-18-20-22-24-26-28-30-31-32-33-34-35-36-37-39-40-42-44-46-48-50-52-54-56-58-60-66(70)65(64-75-76(72,73)74-63-62-69(3,4)5)68-67(71)61-59-57-55-53-51-49-47-45-43-41-38-29-27-25-23-21-19-17-15-13-11-9-7-2/h9,11,15,17,21,23,27,29,41,43,50,52,58,60,65-66,70H,6-8,10,12-14,16,18-20,22,24-26,28,30-40,42,44-49,51,53-57,59,61-64H2,1-5H3,(H-,68,71,72,73)/p+1/b11-9-,17-15-,23-21-,29-27-,43-41-,52-50+,60-58+. The molecule has 3 N–H and O–H groups in total. The summed E-state index contributed by atoms with van der Waals surface area (Å²) in [5.41, 5.74) is 0. The van der Waals surface area contributed by atoms with E-state index in [1.807, 2.05) is 27.2 Å². The number of nitrogens with one attached hydrogen (secondary N) is 1. The lowest BCUT2D eigenvalue weighted by molar-refractivity contribution is -0.870. The summed E-state index contributed by atoms with van der Waals surface area (Å²) in [5, 5.41) is 13.9. The van der Waals surface area contributed by atoms with Crippen molar-refractivity contribution in [2.24, 2.45) is 0 Å². The fourth-order valence-corrected chi connectivity index (χ4v) is 9.88. The third-order valence-corrected chi connectivity index (χ3v) is 15.1. The van der Waals surface area contributed by atoms with Gasteiger partial charge in [0.15, 0.2) is 0 Å². The summed E-state index contributed by atoms with van der Waals surface area (Å²) in [6.45, 7) is 4.69. The number of carbonyl (C=O) groups excluding carboxylic acids is 1. The van der Waals surface area contributed by atoms with E-state index >= 15 is 0 Å². The molecule has 3 unspecified atom stereocenters. The van der Waals surface area contributed by atoms with Crippen LogP contribution in [0.3, 0.4) is 0 Å². The number of rotatable bonds is 58. The zero-order valence-corrected chi connectivity index (χ0v) is 51.4. The Morgan fingerprint density at radius 1 is 0.461 bits per heavy atom. The number of allylic oxidation sites excluding steroid dienone is 13. The number of amides is 1. The number of quaternary nitrogens is 1. The molecule has 8 nitrogen and oxygen atoms in total. The van der Waals surface area contributed by atoms with Crippen LogP contribution in [0.1, 0.15) is 284 Å². The Morgan fingerprint density at radius 2 is 0.803 bits per heavy atom. The van der Waals surface area contributed by atoms with Crippen LogP contribution < -0.4 is 5.32 Å². The molecule has 0 aromatic carbocycles. The molecule has 0 aromatic heterocycles. The largest absolute Gasteiger partial charge is 0.472 e. The van der Waals surface area contributed by atoms with Crippen LogP contribution in [-0.4, -0.2) is 73.4 Å². The van der Waals surface area contributed by atoms with Gasteiger partial charge < -0.3 is 19.8 Å². The minimum Gasteiger partial charge on any atom is -0.387 e. The molecule has 0 radical (unpaired) electrons. The summed E-state index contributed by atoms with van der Waals surface area (Å²) in [6, 6.07) is -0.877. The van der Waals surface area contributed by atoms with Crippen LogP contribution in [0.5, 0.6) is 0 Å². The highest BCUT2D eigenvalue weighted by Crippen LogP contribution is 2.43. The first-order valence-electron chi connectivity index (χ1n) is 32.0.